The lowest BCUT2D eigenvalue weighted by molar-refractivity contribution is -0.141. The lowest BCUT2D eigenvalue weighted by Crippen LogP contribution is -2.48. The predicted octanol–water partition coefficient (Wildman–Crippen LogP) is 2.77. The van der Waals surface area contributed by atoms with Crippen molar-refractivity contribution in [3.63, 3.8) is 0 Å². The molecule has 1 saturated heterocycles. The molecule has 3 aliphatic rings. The van der Waals surface area contributed by atoms with Gasteiger partial charge in [-0.05, 0) is 50.7 Å². The first-order chi connectivity index (χ1) is 11.1. The Balaban J connectivity index is 1.53. The largest absolute Gasteiger partial charge is 0.342 e. The van der Waals surface area contributed by atoms with Crippen LogP contribution in [0.5, 0.6) is 0 Å². The maximum Gasteiger partial charge on any atom is 0.227 e. The molecule has 0 spiro atoms. The summed E-state index contributed by atoms with van der Waals surface area (Å²) in [5.41, 5.74) is 0. The Morgan fingerprint density at radius 3 is 2.61 bits per heavy atom. The fraction of sp³-hybridized carbons (Fsp3) is 0.889. The van der Waals surface area contributed by atoms with Crippen LogP contribution in [0.4, 0.5) is 0 Å². The number of piperidine rings is 1. The van der Waals surface area contributed by atoms with Crippen molar-refractivity contribution in [2.75, 3.05) is 25.9 Å². The summed E-state index contributed by atoms with van der Waals surface area (Å²) in [4.78, 5) is 29.1. The molecule has 0 unspecified atom stereocenters. The van der Waals surface area contributed by atoms with Crippen LogP contribution in [0.2, 0.25) is 0 Å². The van der Waals surface area contributed by atoms with Crippen LogP contribution in [0.15, 0.2) is 0 Å². The summed E-state index contributed by atoms with van der Waals surface area (Å²) in [6, 6.07) is 0.404. The molecule has 2 aliphatic carbocycles. The minimum atomic E-state index is 0.0225. The molecule has 0 aromatic carbocycles. The number of likely N-dealkylation sites (tertiary alicyclic amines) is 1. The van der Waals surface area contributed by atoms with Crippen molar-refractivity contribution in [2.45, 2.75) is 63.2 Å². The predicted molar refractivity (Wildman–Crippen MR) is 94.4 cm³/mol. The van der Waals surface area contributed by atoms with Gasteiger partial charge in [0.15, 0.2) is 0 Å². The molecular formula is C18H30N2O2S. The number of nitrogens with zero attached hydrogens (tertiary/aromatic N) is 2. The first kappa shape index (κ1) is 17.1. The Labute approximate surface area is 144 Å². The van der Waals surface area contributed by atoms with Crippen LogP contribution in [0, 0.1) is 11.8 Å². The molecule has 3 fully saturated rings. The first-order valence-electron chi connectivity index (χ1n) is 9.27. The minimum absolute atomic E-state index is 0.0225. The minimum Gasteiger partial charge on any atom is -0.342 e. The van der Waals surface area contributed by atoms with E-state index in [1.165, 1.54) is 6.42 Å². The quantitative estimate of drug-likeness (QED) is 0.774. The molecule has 2 saturated carbocycles. The summed E-state index contributed by atoms with van der Waals surface area (Å²) in [5, 5.41) is 0.722. The van der Waals surface area contributed by atoms with Gasteiger partial charge < -0.3 is 9.80 Å². The van der Waals surface area contributed by atoms with Gasteiger partial charge in [-0.1, -0.05) is 6.92 Å². The fourth-order valence-electron chi connectivity index (χ4n) is 4.09. The number of hydrogen-bond donors (Lipinski definition) is 0. The second kappa shape index (κ2) is 7.45. The van der Waals surface area contributed by atoms with E-state index in [2.05, 4.69) is 6.92 Å². The third-order valence-electron chi connectivity index (χ3n) is 5.66. The average Bonchev–Trinajstić information content (AvgIpc) is 3.32. The van der Waals surface area contributed by atoms with E-state index >= 15 is 0 Å². The Morgan fingerprint density at radius 2 is 1.91 bits per heavy atom. The van der Waals surface area contributed by atoms with Crippen LogP contribution >= 0.6 is 11.8 Å². The summed E-state index contributed by atoms with van der Waals surface area (Å²) in [5.74, 6) is 2.02. The Kier molecular flexibility index (Phi) is 5.55. The first-order valence-corrected chi connectivity index (χ1v) is 10.3. The zero-order valence-corrected chi connectivity index (χ0v) is 15.3. The van der Waals surface area contributed by atoms with E-state index in [4.69, 9.17) is 0 Å². The maximum absolute atomic E-state index is 12.9. The molecule has 0 N–H and O–H groups in total. The van der Waals surface area contributed by atoms with Crippen molar-refractivity contribution in [1.82, 2.24) is 9.80 Å². The van der Waals surface area contributed by atoms with Gasteiger partial charge in [0.25, 0.3) is 0 Å². The summed E-state index contributed by atoms with van der Waals surface area (Å²) < 4.78 is 0. The second-order valence-corrected chi connectivity index (χ2v) is 8.97. The Bertz CT molecular complexity index is 452. The van der Waals surface area contributed by atoms with E-state index in [1.807, 2.05) is 28.6 Å². The SMILES string of the molecule is CCS[C@@H]1CC[C@H](N(C)C(=O)[C@H]2CCCN(C(=O)C3CC3)C2)C1. The molecule has 0 bridgehead atoms. The van der Waals surface area contributed by atoms with Gasteiger partial charge in [-0.2, -0.15) is 11.8 Å². The maximum atomic E-state index is 12.9. The van der Waals surface area contributed by atoms with Crippen LogP contribution in [0.1, 0.15) is 51.9 Å². The molecular weight excluding hydrogens is 308 g/mol. The third-order valence-corrected chi connectivity index (χ3v) is 6.90. The highest BCUT2D eigenvalue weighted by Gasteiger charge is 2.38. The van der Waals surface area contributed by atoms with Crippen molar-refractivity contribution < 1.29 is 9.59 Å². The van der Waals surface area contributed by atoms with Gasteiger partial charge in [-0.25, -0.2) is 0 Å². The zero-order valence-electron chi connectivity index (χ0n) is 14.5. The Morgan fingerprint density at radius 1 is 1.13 bits per heavy atom. The average molecular weight is 339 g/mol. The van der Waals surface area contributed by atoms with Crippen molar-refractivity contribution in [3.8, 4) is 0 Å². The van der Waals surface area contributed by atoms with Gasteiger partial charge in [-0.15, -0.1) is 0 Å². The molecule has 0 aromatic rings. The molecule has 1 aliphatic heterocycles. The summed E-state index contributed by atoms with van der Waals surface area (Å²) in [6.07, 6.45) is 7.52. The van der Waals surface area contributed by atoms with Crippen molar-refractivity contribution >= 4 is 23.6 Å². The van der Waals surface area contributed by atoms with Crippen LogP contribution in [0.3, 0.4) is 0 Å². The number of carbonyl (C=O) groups is 2. The van der Waals surface area contributed by atoms with Gasteiger partial charge in [0.1, 0.15) is 0 Å². The van der Waals surface area contributed by atoms with E-state index < -0.39 is 0 Å². The molecule has 130 valence electrons. The number of amides is 2. The molecule has 5 heteroatoms. The van der Waals surface area contributed by atoms with Gasteiger partial charge in [0.05, 0.1) is 5.92 Å². The van der Waals surface area contributed by atoms with Gasteiger partial charge in [0.2, 0.25) is 11.8 Å². The van der Waals surface area contributed by atoms with Crippen LogP contribution in [-0.2, 0) is 9.59 Å². The highest BCUT2D eigenvalue weighted by molar-refractivity contribution is 7.99. The number of rotatable bonds is 5. The molecule has 2 amide bonds. The van der Waals surface area contributed by atoms with E-state index in [1.54, 1.807) is 0 Å². The van der Waals surface area contributed by atoms with Crippen molar-refractivity contribution in [2.24, 2.45) is 11.8 Å². The molecule has 4 nitrogen and oxygen atoms in total. The number of carbonyl (C=O) groups excluding carboxylic acids is 2. The van der Waals surface area contributed by atoms with Crippen molar-refractivity contribution in [3.05, 3.63) is 0 Å². The highest BCUT2D eigenvalue weighted by atomic mass is 32.2. The van der Waals surface area contributed by atoms with E-state index in [0.717, 1.165) is 56.1 Å². The number of hydrogen-bond acceptors (Lipinski definition) is 3. The van der Waals surface area contributed by atoms with Gasteiger partial charge in [-0.3, -0.25) is 9.59 Å². The van der Waals surface area contributed by atoms with E-state index in [9.17, 15) is 9.59 Å². The van der Waals surface area contributed by atoms with Crippen molar-refractivity contribution in [1.29, 1.82) is 0 Å². The van der Waals surface area contributed by atoms with Gasteiger partial charge >= 0.3 is 0 Å². The van der Waals surface area contributed by atoms with Gasteiger partial charge in [0, 0.05) is 37.3 Å². The Hall–Kier alpha value is -0.710. The van der Waals surface area contributed by atoms with Crippen LogP contribution < -0.4 is 0 Å². The molecule has 3 rings (SSSR count). The summed E-state index contributed by atoms with van der Waals surface area (Å²) in [6.45, 7) is 3.71. The smallest absolute Gasteiger partial charge is 0.227 e. The lowest BCUT2D eigenvalue weighted by atomic mass is 9.95. The number of thioether (sulfide) groups is 1. The zero-order chi connectivity index (χ0) is 16.4. The lowest BCUT2D eigenvalue weighted by Gasteiger charge is -2.35. The summed E-state index contributed by atoms with van der Waals surface area (Å²) >= 11 is 2.03. The molecule has 0 radical (unpaired) electrons. The molecule has 1 heterocycles. The molecule has 0 aromatic heterocycles. The standard InChI is InChI=1S/C18H30N2O2S/c1-3-23-16-9-8-15(11-16)19(2)17(21)14-5-4-10-20(12-14)18(22)13-6-7-13/h13-16H,3-12H2,1-2H3/t14-,15-,16+/m0/s1. The second-order valence-electron chi connectivity index (χ2n) is 7.39. The summed E-state index contributed by atoms with van der Waals surface area (Å²) in [7, 11) is 1.98. The highest BCUT2D eigenvalue weighted by Crippen LogP contribution is 2.35. The molecule has 3 atom stereocenters. The normalized spacial score (nSPS) is 31.2. The van der Waals surface area contributed by atoms with Crippen LogP contribution in [0.25, 0.3) is 0 Å². The topological polar surface area (TPSA) is 40.6 Å². The monoisotopic (exact) mass is 338 g/mol. The molecule has 23 heavy (non-hydrogen) atoms. The van der Waals surface area contributed by atoms with E-state index in [0.29, 0.717) is 18.5 Å². The van der Waals surface area contributed by atoms with E-state index in [-0.39, 0.29) is 17.7 Å². The fourth-order valence-corrected chi connectivity index (χ4v) is 5.22. The van der Waals surface area contributed by atoms with Crippen LogP contribution in [-0.4, -0.2) is 58.8 Å². The third kappa shape index (κ3) is 4.04.